The predicted octanol–water partition coefficient (Wildman–Crippen LogP) is 4.19. The molecule has 0 saturated carbocycles. The molecule has 0 amide bonds. The monoisotopic (exact) mass is 291 g/mol. The number of ketones is 1. The predicted molar refractivity (Wildman–Crippen MR) is 80.1 cm³/mol. The Labute approximate surface area is 122 Å². The van der Waals surface area contributed by atoms with Gasteiger partial charge in [0.1, 0.15) is 5.82 Å². The minimum atomic E-state index is -0.267. The van der Waals surface area contributed by atoms with Crippen LogP contribution in [-0.4, -0.2) is 19.4 Å². The zero-order chi connectivity index (χ0) is 14.5. The summed E-state index contributed by atoms with van der Waals surface area (Å²) in [6.45, 7) is 0.566. The molecule has 0 saturated heterocycles. The fraction of sp³-hybridized carbons (Fsp3) is 0.188. The molecule has 0 aliphatic rings. The molecule has 0 aliphatic carbocycles. The molecule has 0 aromatic heterocycles. The number of Topliss-reactive ketones (excluding diaryl/α,β-unsaturated/α-hetero) is 1. The van der Waals surface area contributed by atoms with Gasteiger partial charge >= 0.3 is 0 Å². The minimum absolute atomic E-state index is 0.0430. The zero-order valence-corrected chi connectivity index (χ0v) is 11.9. The quantitative estimate of drug-likeness (QED) is 0.770. The van der Waals surface area contributed by atoms with E-state index in [9.17, 15) is 9.18 Å². The van der Waals surface area contributed by atoms with Gasteiger partial charge in [0, 0.05) is 36.3 Å². The van der Waals surface area contributed by atoms with E-state index >= 15 is 0 Å². The van der Waals surface area contributed by atoms with E-state index in [-0.39, 0.29) is 11.6 Å². The molecule has 2 nitrogen and oxygen atoms in total. The maximum Gasteiger partial charge on any atom is 0.164 e. The van der Waals surface area contributed by atoms with E-state index in [0.717, 1.165) is 5.69 Å². The molecule has 0 radical (unpaired) electrons. The molecule has 0 unspecified atom stereocenters. The molecule has 0 aliphatic heterocycles. The van der Waals surface area contributed by atoms with E-state index in [2.05, 4.69) is 0 Å². The van der Waals surface area contributed by atoms with Crippen LogP contribution < -0.4 is 4.90 Å². The highest BCUT2D eigenvalue weighted by molar-refractivity contribution is 6.31. The second kappa shape index (κ2) is 6.53. The van der Waals surface area contributed by atoms with Crippen LogP contribution in [-0.2, 0) is 0 Å². The third-order valence-electron chi connectivity index (χ3n) is 3.09. The summed E-state index contributed by atoms with van der Waals surface area (Å²) in [5.74, 6) is -0.224. The molecule has 4 heteroatoms. The normalized spacial score (nSPS) is 10.3. The maximum absolute atomic E-state index is 12.8. The lowest BCUT2D eigenvalue weighted by Gasteiger charge is -2.18. The summed E-state index contributed by atoms with van der Waals surface area (Å²) in [4.78, 5) is 14.0. The van der Waals surface area contributed by atoms with Crippen LogP contribution in [0.25, 0.3) is 0 Å². The Hall–Kier alpha value is -1.87. The number of nitrogens with zero attached hydrogens (tertiary/aromatic N) is 1. The van der Waals surface area contributed by atoms with Crippen LogP contribution in [0.4, 0.5) is 10.1 Å². The van der Waals surface area contributed by atoms with Crippen molar-refractivity contribution in [3.8, 4) is 0 Å². The van der Waals surface area contributed by atoms with Gasteiger partial charge in [-0.1, -0.05) is 23.7 Å². The topological polar surface area (TPSA) is 20.3 Å². The third kappa shape index (κ3) is 3.81. The van der Waals surface area contributed by atoms with E-state index in [1.165, 1.54) is 12.1 Å². The first-order valence-electron chi connectivity index (χ1n) is 6.32. The number of hydrogen-bond acceptors (Lipinski definition) is 2. The van der Waals surface area contributed by atoms with Crippen LogP contribution in [0.3, 0.4) is 0 Å². The number of carbonyl (C=O) groups excluding carboxylic acids is 1. The van der Waals surface area contributed by atoms with E-state index in [1.807, 2.05) is 11.9 Å². The van der Waals surface area contributed by atoms with Crippen LogP contribution in [0.15, 0.2) is 48.5 Å². The van der Waals surface area contributed by atoms with Crippen molar-refractivity contribution < 1.29 is 9.18 Å². The van der Waals surface area contributed by atoms with Crippen molar-refractivity contribution in [1.82, 2.24) is 0 Å². The van der Waals surface area contributed by atoms with Gasteiger partial charge in [0.05, 0.1) is 0 Å². The van der Waals surface area contributed by atoms with Crippen molar-refractivity contribution in [2.45, 2.75) is 6.42 Å². The second-order valence-corrected chi connectivity index (χ2v) is 5.02. The van der Waals surface area contributed by atoms with Crippen molar-refractivity contribution in [2.75, 3.05) is 18.5 Å². The smallest absolute Gasteiger partial charge is 0.164 e. The van der Waals surface area contributed by atoms with Crippen LogP contribution in [0.5, 0.6) is 0 Å². The first-order chi connectivity index (χ1) is 9.56. The van der Waals surface area contributed by atoms with Gasteiger partial charge in [0.2, 0.25) is 0 Å². The van der Waals surface area contributed by atoms with Crippen molar-refractivity contribution in [3.05, 3.63) is 64.9 Å². The Morgan fingerprint density at radius 1 is 1.20 bits per heavy atom. The van der Waals surface area contributed by atoms with Gasteiger partial charge in [-0.05, 0) is 36.4 Å². The molecule has 104 valence electrons. The summed E-state index contributed by atoms with van der Waals surface area (Å²) in [6, 6.07) is 13.1. The second-order valence-electron chi connectivity index (χ2n) is 4.58. The molecule has 0 heterocycles. The average Bonchev–Trinajstić information content (AvgIpc) is 2.45. The molecule has 20 heavy (non-hydrogen) atoms. The molecule has 2 aromatic rings. The Morgan fingerprint density at radius 3 is 2.55 bits per heavy atom. The SMILES string of the molecule is CN(CCC(=O)c1cccc(Cl)c1)c1ccc(F)cc1. The van der Waals surface area contributed by atoms with Crippen LogP contribution in [0.1, 0.15) is 16.8 Å². The molecular formula is C16H15ClFNO. The summed E-state index contributed by atoms with van der Waals surface area (Å²) in [6.07, 6.45) is 0.383. The van der Waals surface area contributed by atoms with Crippen molar-refractivity contribution in [2.24, 2.45) is 0 Å². The summed E-state index contributed by atoms with van der Waals surface area (Å²) >= 11 is 5.86. The largest absolute Gasteiger partial charge is 0.374 e. The Kier molecular flexibility index (Phi) is 4.74. The third-order valence-corrected chi connectivity index (χ3v) is 3.32. The van der Waals surface area contributed by atoms with Gasteiger partial charge in [-0.3, -0.25) is 4.79 Å². The van der Waals surface area contributed by atoms with E-state index in [1.54, 1.807) is 36.4 Å². The molecule has 2 aromatic carbocycles. The minimum Gasteiger partial charge on any atom is -0.374 e. The number of hydrogen-bond donors (Lipinski definition) is 0. The van der Waals surface area contributed by atoms with E-state index in [0.29, 0.717) is 23.6 Å². The summed E-state index contributed by atoms with van der Waals surface area (Å²) < 4.78 is 12.8. The Bertz CT molecular complexity index is 598. The van der Waals surface area contributed by atoms with Crippen molar-refractivity contribution in [3.63, 3.8) is 0 Å². The fourth-order valence-electron chi connectivity index (χ4n) is 1.90. The lowest BCUT2D eigenvalue weighted by atomic mass is 10.1. The number of carbonyl (C=O) groups is 1. The highest BCUT2D eigenvalue weighted by Gasteiger charge is 2.08. The first-order valence-corrected chi connectivity index (χ1v) is 6.69. The van der Waals surface area contributed by atoms with Crippen LogP contribution >= 0.6 is 11.6 Å². The molecule has 2 rings (SSSR count). The summed E-state index contributed by atoms with van der Waals surface area (Å²) in [5, 5.41) is 0.558. The lowest BCUT2D eigenvalue weighted by molar-refractivity contribution is 0.0985. The van der Waals surface area contributed by atoms with Gasteiger partial charge in [-0.15, -0.1) is 0 Å². The standard InChI is InChI=1S/C16H15ClFNO/c1-19(15-7-5-14(18)6-8-15)10-9-16(20)12-3-2-4-13(17)11-12/h2-8,11H,9-10H2,1H3. The maximum atomic E-state index is 12.8. The summed E-state index contributed by atoms with van der Waals surface area (Å²) in [5.41, 5.74) is 1.50. The van der Waals surface area contributed by atoms with Gasteiger partial charge in [-0.25, -0.2) is 4.39 Å². The summed E-state index contributed by atoms with van der Waals surface area (Å²) in [7, 11) is 1.87. The molecule has 0 spiro atoms. The van der Waals surface area contributed by atoms with Gasteiger partial charge in [-0.2, -0.15) is 0 Å². The molecule has 0 atom stereocenters. The first kappa shape index (κ1) is 14.5. The number of rotatable bonds is 5. The molecule has 0 bridgehead atoms. The average molecular weight is 292 g/mol. The van der Waals surface area contributed by atoms with Crippen LogP contribution in [0, 0.1) is 5.82 Å². The fourth-order valence-corrected chi connectivity index (χ4v) is 2.09. The van der Waals surface area contributed by atoms with Crippen molar-refractivity contribution >= 4 is 23.1 Å². The van der Waals surface area contributed by atoms with Crippen molar-refractivity contribution in [1.29, 1.82) is 0 Å². The Morgan fingerprint density at radius 2 is 1.90 bits per heavy atom. The number of anilines is 1. The van der Waals surface area contributed by atoms with E-state index < -0.39 is 0 Å². The van der Waals surface area contributed by atoms with Gasteiger partial charge in [0.15, 0.2) is 5.78 Å². The Balaban J connectivity index is 1.94. The molecule has 0 N–H and O–H groups in total. The molecule has 0 fully saturated rings. The van der Waals surface area contributed by atoms with Gasteiger partial charge < -0.3 is 4.90 Å². The zero-order valence-electron chi connectivity index (χ0n) is 11.1. The van der Waals surface area contributed by atoms with Gasteiger partial charge in [0.25, 0.3) is 0 Å². The number of benzene rings is 2. The number of halogens is 2. The lowest BCUT2D eigenvalue weighted by Crippen LogP contribution is -2.21. The van der Waals surface area contributed by atoms with Crippen LogP contribution in [0.2, 0.25) is 5.02 Å². The highest BCUT2D eigenvalue weighted by Crippen LogP contribution is 2.15. The molecular weight excluding hydrogens is 277 g/mol. The highest BCUT2D eigenvalue weighted by atomic mass is 35.5. The van der Waals surface area contributed by atoms with E-state index in [4.69, 9.17) is 11.6 Å².